The van der Waals surface area contributed by atoms with E-state index in [1.807, 2.05) is 60.7 Å². The number of ether oxygens (including phenoxy) is 4. The number of benzene rings is 1. The fraction of sp³-hybridized carbons (Fsp3) is 0.630. The molecular formula is C46H70N9O11SSi+. The molecule has 2 aromatic heterocycles. The Hall–Kier alpha value is -5.70. The van der Waals surface area contributed by atoms with Gasteiger partial charge in [0.05, 0.1) is 17.9 Å². The van der Waals surface area contributed by atoms with Crippen LogP contribution in [0.1, 0.15) is 114 Å². The van der Waals surface area contributed by atoms with Crippen molar-refractivity contribution < 1.29 is 57.2 Å². The Morgan fingerprint density at radius 2 is 1.63 bits per heavy atom. The lowest BCUT2D eigenvalue weighted by Crippen LogP contribution is -2.54. The van der Waals surface area contributed by atoms with Crippen molar-refractivity contribution in [3.63, 3.8) is 0 Å². The van der Waals surface area contributed by atoms with Crippen molar-refractivity contribution >= 4 is 54.6 Å². The van der Waals surface area contributed by atoms with E-state index in [9.17, 15) is 24.3 Å². The Morgan fingerprint density at radius 1 is 0.985 bits per heavy atom. The highest BCUT2D eigenvalue weighted by atomic mass is 32.1. The number of aromatic nitrogens is 3. The number of rotatable bonds is 18. The second-order valence-corrected chi connectivity index (χ2v) is 26.9. The van der Waals surface area contributed by atoms with Gasteiger partial charge in [0, 0.05) is 29.8 Å². The Kier molecular flexibility index (Phi) is 17.5. The van der Waals surface area contributed by atoms with Gasteiger partial charge in [-0.2, -0.15) is 4.68 Å². The molecule has 0 bridgehead atoms. The van der Waals surface area contributed by atoms with Crippen LogP contribution in [0.3, 0.4) is 0 Å². The van der Waals surface area contributed by atoms with E-state index in [1.54, 1.807) is 41.5 Å². The number of thiazole rings is 1. The maximum absolute atomic E-state index is 14.0. The lowest BCUT2D eigenvalue weighted by atomic mass is 9.89. The molecule has 68 heavy (non-hydrogen) atoms. The molecule has 3 N–H and O–H groups in total. The van der Waals surface area contributed by atoms with Gasteiger partial charge in [0.2, 0.25) is 11.9 Å². The average molecular weight is 985 g/mol. The summed E-state index contributed by atoms with van der Waals surface area (Å²) in [5, 5.41) is 24.6. The number of carbonyl (C=O) groups excluding carboxylic acids is 3. The second-order valence-electron chi connectivity index (χ2n) is 21.3. The van der Waals surface area contributed by atoms with Crippen LogP contribution in [0.25, 0.3) is 21.6 Å². The summed E-state index contributed by atoms with van der Waals surface area (Å²) in [6, 6.07) is 5.72. The minimum atomic E-state index is -2.32. The molecule has 3 heterocycles. The third-order valence-electron chi connectivity index (χ3n) is 10.8. The Balaban J connectivity index is 1.66. The van der Waals surface area contributed by atoms with Gasteiger partial charge in [-0.05, 0) is 129 Å². The third-order valence-corrected chi connectivity index (χ3v) is 16.1. The Bertz CT molecular complexity index is 2370. The summed E-state index contributed by atoms with van der Waals surface area (Å²) < 4.78 is 34.1. The number of aliphatic carboxylic acids is 1. The average Bonchev–Trinajstić information content (AvgIpc) is 3.82. The largest absolute Gasteiger partial charge is 0.485 e. The molecule has 0 saturated carbocycles. The highest BCUT2D eigenvalue weighted by molar-refractivity contribution is 7.14. The van der Waals surface area contributed by atoms with Gasteiger partial charge in [0.15, 0.2) is 26.1 Å². The van der Waals surface area contributed by atoms with E-state index in [0.717, 1.165) is 28.0 Å². The number of fused-ring (bicyclic) bond motifs is 1. The number of hydrogen-bond donors (Lipinski definition) is 3. The van der Waals surface area contributed by atoms with E-state index < -0.39 is 72.8 Å². The number of aryl methyl sites for hydroxylation is 2. The van der Waals surface area contributed by atoms with Gasteiger partial charge in [-0.25, -0.2) is 24.2 Å². The zero-order valence-electron chi connectivity index (χ0n) is 42.1. The van der Waals surface area contributed by atoms with E-state index in [0.29, 0.717) is 38.2 Å². The number of amides is 2. The number of alkyl carbamates (subject to hydrolysis) is 1. The molecule has 0 radical (unpaired) electrons. The number of azide groups is 1. The molecule has 1 unspecified atom stereocenters. The number of carbonyl (C=O) groups is 4. The predicted octanol–water partition coefficient (Wildman–Crippen LogP) is 9.16. The number of hydrogen-bond acceptors (Lipinski definition) is 14. The lowest BCUT2D eigenvalue weighted by Gasteiger charge is -2.39. The van der Waals surface area contributed by atoms with Gasteiger partial charge >= 0.3 is 24.1 Å². The number of oxime groups is 1. The number of nitrogens with zero attached hydrogens (tertiary/aromatic N) is 7. The molecule has 2 amide bonds. The summed E-state index contributed by atoms with van der Waals surface area (Å²) in [7, 11) is -2.32. The summed E-state index contributed by atoms with van der Waals surface area (Å²) in [5.74, 6) is -1.83. The normalized spacial score (nSPS) is 15.9. The molecule has 1 aliphatic heterocycles. The van der Waals surface area contributed by atoms with Crippen LogP contribution in [0.15, 0.2) is 46.2 Å². The van der Waals surface area contributed by atoms with E-state index in [2.05, 4.69) is 64.7 Å². The monoisotopic (exact) mass is 984 g/mol. The van der Waals surface area contributed by atoms with Gasteiger partial charge in [-0.3, -0.25) is 5.32 Å². The summed E-state index contributed by atoms with van der Waals surface area (Å²) in [4.78, 5) is 64.6. The minimum Gasteiger partial charge on any atom is -0.485 e. The summed E-state index contributed by atoms with van der Waals surface area (Å²) in [5.41, 5.74) is 6.50. The van der Waals surface area contributed by atoms with Crippen LogP contribution in [0.2, 0.25) is 18.1 Å². The summed E-state index contributed by atoms with van der Waals surface area (Å²) in [6.07, 6.45) is 2.62. The lowest BCUT2D eigenvalue weighted by molar-refractivity contribution is -0.775. The molecule has 20 nitrogen and oxygen atoms in total. The number of nitrogens with one attached hydrogen (secondary N) is 2. The second kappa shape index (κ2) is 21.7. The molecule has 0 spiro atoms. The standard InChI is InChI=1S/C46H69N9O11SSi/c1-42(2,3)62-38(58)46(13,66-52-36(37(56)57)33-28-67-39(50-33)51-41(60)64-44(7,8)9)35-20-18-30-23-29(17-19-34(30)61-35)31-25-54(22-16-21-49-53-47)55(26-31)27-32(65-68(14,15)45(10,11)12)24-48-40(59)63-43(4,5)6/h17,19,23,25-26,28,32,35H,16,18,20-22,24,27H2,1-15H3,(H2-,48,50,51,56,57,59,60)/p+1/b52-36-/t32-,35+,46?/m0/s1. The van der Waals surface area contributed by atoms with Crippen molar-refractivity contribution in [2.45, 2.75) is 175 Å². The first-order valence-corrected chi connectivity index (χ1v) is 26.3. The van der Waals surface area contributed by atoms with E-state index in [-0.39, 0.29) is 28.8 Å². The predicted molar refractivity (Wildman–Crippen MR) is 259 cm³/mol. The molecule has 4 rings (SSSR count). The molecule has 3 atom stereocenters. The molecule has 1 aliphatic rings. The van der Waals surface area contributed by atoms with Gasteiger partial charge in [0.1, 0.15) is 34.8 Å². The Morgan fingerprint density at radius 3 is 2.24 bits per heavy atom. The van der Waals surface area contributed by atoms with Gasteiger partial charge in [0.25, 0.3) is 5.60 Å². The highest BCUT2D eigenvalue weighted by Gasteiger charge is 2.51. The number of carboxylic acids is 1. The summed E-state index contributed by atoms with van der Waals surface area (Å²) >= 11 is 0.954. The maximum atomic E-state index is 14.0. The number of carboxylic acid groups (broad SMARTS) is 1. The third kappa shape index (κ3) is 15.9. The van der Waals surface area contributed by atoms with Crippen LogP contribution in [0, 0.1) is 0 Å². The Labute approximate surface area is 403 Å². The van der Waals surface area contributed by atoms with E-state index in [4.69, 9.17) is 33.7 Å². The van der Waals surface area contributed by atoms with Crippen molar-refractivity contribution in [1.82, 2.24) is 15.0 Å². The van der Waals surface area contributed by atoms with Gasteiger partial charge in [-0.15, -0.1) is 16.0 Å². The number of anilines is 1. The first kappa shape index (κ1) is 54.9. The van der Waals surface area contributed by atoms with Crippen LogP contribution in [0.5, 0.6) is 5.75 Å². The van der Waals surface area contributed by atoms with Crippen molar-refractivity contribution in [3.8, 4) is 16.9 Å². The van der Waals surface area contributed by atoms with Crippen molar-refractivity contribution in [3.05, 3.63) is 57.7 Å². The molecule has 374 valence electrons. The molecule has 3 aromatic rings. The minimum absolute atomic E-state index is 0.0637. The quantitative estimate of drug-likeness (QED) is 0.0103. The van der Waals surface area contributed by atoms with Crippen LogP contribution >= 0.6 is 11.3 Å². The van der Waals surface area contributed by atoms with E-state index >= 15 is 0 Å². The van der Waals surface area contributed by atoms with Crippen LogP contribution < -0.4 is 20.1 Å². The molecule has 0 fully saturated rings. The topological polar surface area (TPSA) is 251 Å². The van der Waals surface area contributed by atoms with Gasteiger partial charge < -0.3 is 38.6 Å². The molecule has 1 aromatic carbocycles. The SMILES string of the molecule is CC(C)(C)OC(=O)NC[C@@H](Cn1cc(-c2ccc3c(c2)CC[C@H](C(C)(O/N=C(\C(=O)O)c2csc(NC(=O)OC(C)(C)C)n2)C(=O)OC(C)(C)C)O3)c[n+]1CCCN=[N+]=[N-])O[Si](C)(C)C(C)(C)C. The zero-order chi connectivity index (χ0) is 51.0. The fourth-order valence-electron chi connectivity index (χ4n) is 6.54. The first-order valence-electron chi connectivity index (χ1n) is 22.5. The van der Waals surface area contributed by atoms with Crippen LogP contribution in [-0.4, -0.2) is 101 Å². The van der Waals surface area contributed by atoms with Crippen molar-refractivity contribution in [1.29, 1.82) is 0 Å². The molecule has 22 heteroatoms. The van der Waals surface area contributed by atoms with Crippen LogP contribution in [0.4, 0.5) is 14.7 Å². The van der Waals surface area contributed by atoms with Crippen molar-refractivity contribution in [2.75, 3.05) is 18.4 Å². The highest BCUT2D eigenvalue weighted by Crippen LogP contribution is 2.39. The smallest absolute Gasteiger partial charge is 0.413 e. The van der Waals surface area contributed by atoms with Crippen LogP contribution in [-0.2, 0) is 52.6 Å². The maximum Gasteiger partial charge on any atom is 0.413 e. The molecule has 0 aliphatic carbocycles. The summed E-state index contributed by atoms with van der Waals surface area (Å²) in [6.45, 7) is 29.3. The van der Waals surface area contributed by atoms with Gasteiger partial charge in [-0.1, -0.05) is 37.1 Å². The zero-order valence-corrected chi connectivity index (χ0v) is 44.0. The molecule has 0 saturated heterocycles. The van der Waals surface area contributed by atoms with Crippen molar-refractivity contribution in [2.24, 2.45) is 10.3 Å². The number of esters is 1. The fourth-order valence-corrected chi connectivity index (χ4v) is 8.56. The van der Waals surface area contributed by atoms with E-state index in [1.165, 1.54) is 12.3 Å². The molecular weight excluding hydrogens is 915 g/mol. The first-order chi connectivity index (χ1) is 31.3.